The van der Waals surface area contributed by atoms with Crippen molar-refractivity contribution < 1.29 is 0 Å². The zero-order valence-corrected chi connectivity index (χ0v) is 16.4. The van der Waals surface area contributed by atoms with Crippen LogP contribution in [-0.2, 0) is 14.1 Å². The molecule has 27 heavy (non-hydrogen) atoms. The number of para-hydroxylation sites is 2. The number of anilines is 1. The number of nitrogens with zero attached hydrogens (tertiary/aromatic N) is 3. The van der Waals surface area contributed by atoms with Crippen molar-refractivity contribution in [1.29, 1.82) is 0 Å². The smallest absolute Gasteiger partial charge is 0.330 e. The molecular weight excluding hydrogens is 408 g/mol. The van der Waals surface area contributed by atoms with Crippen LogP contribution in [0.3, 0.4) is 0 Å². The van der Waals surface area contributed by atoms with Crippen LogP contribution in [-0.4, -0.2) is 13.7 Å². The average Bonchev–Trinajstić information content (AvgIpc) is 3.06. The second-order valence-corrected chi connectivity index (χ2v) is 7.30. The molecule has 0 aliphatic heterocycles. The Morgan fingerprint density at radius 3 is 2.26 bits per heavy atom. The van der Waals surface area contributed by atoms with Gasteiger partial charge >= 0.3 is 5.69 Å². The second kappa shape index (κ2) is 6.28. The van der Waals surface area contributed by atoms with E-state index >= 15 is 0 Å². The van der Waals surface area contributed by atoms with Gasteiger partial charge in [-0.05, 0) is 29.8 Å². The number of hydrogen-bond donors (Lipinski definition) is 1. The number of rotatable bonds is 2. The van der Waals surface area contributed by atoms with Gasteiger partial charge in [0.2, 0.25) is 0 Å². The molecule has 6 nitrogen and oxygen atoms in total. The van der Waals surface area contributed by atoms with Crippen LogP contribution in [0.5, 0.6) is 0 Å². The van der Waals surface area contributed by atoms with Crippen LogP contribution in [0.25, 0.3) is 27.8 Å². The van der Waals surface area contributed by atoms with Gasteiger partial charge in [-0.3, -0.25) is 13.9 Å². The molecule has 7 heteroatoms. The summed E-state index contributed by atoms with van der Waals surface area (Å²) in [5.74, 6) is 0. The van der Waals surface area contributed by atoms with Crippen molar-refractivity contribution >= 4 is 32.5 Å². The van der Waals surface area contributed by atoms with Crippen molar-refractivity contribution in [2.24, 2.45) is 14.1 Å². The number of nitrogen functional groups attached to an aromatic ring is 1. The van der Waals surface area contributed by atoms with Crippen LogP contribution in [0, 0.1) is 0 Å². The lowest BCUT2D eigenvalue weighted by Crippen LogP contribution is -2.36. The van der Waals surface area contributed by atoms with E-state index in [4.69, 9.17) is 5.73 Å². The maximum atomic E-state index is 13.0. The summed E-state index contributed by atoms with van der Waals surface area (Å²) in [5.41, 5.74) is 8.95. The first-order chi connectivity index (χ1) is 12.9. The van der Waals surface area contributed by atoms with Gasteiger partial charge in [0.1, 0.15) is 0 Å². The molecule has 0 saturated carbocycles. The number of fused-ring (bicyclic) bond motifs is 1. The van der Waals surface area contributed by atoms with Crippen molar-refractivity contribution in [2.45, 2.75) is 0 Å². The number of hydrogen-bond acceptors (Lipinski definition) is 3. The lowest BCUT2D eigenvalue weighted by molar-refractivity contribution is 0.714. The van der Waals surface area contributed by atoms with Crippen molar-refractivity contribution in [3.8, 4) is 16.9 Å². The molecule has 0 aliphatic rings. The van der Waals surface area contributed by atoms with Crippen LogP contribution in [0.1, 0.15) is 0 Å². The number of benzene rings is 2. The molecule has 4 aromatic rings. The number of aryl methyl sites for hydroxylation is 1. The Morgan fingerprint density at radius 2 is 1.59 bits per heavy atom. The van der Waals surface area contributed by atoms with Gasteiger partial charge in [-0.15, -0.1) is 0 Å². The molecule has 0 spiro atoms. The molecule has 2 aromatic carbocycles. The first-order valence-corrected chi connectivity index (χ1v) is 9.11. The number of aromatic nitrogens is 3. The van der Waals surface area contributed by atoms with E-state index in [0.29, 0.717) is 22.3 Å². The predicted octanol–water partition coefficient (Wildman–Crippen LogP) is 3.04. The number of nitrogens with two attached hydrogens (primary N) is 1. The van der Waals surface area contributed by atoms with Crippen LogP contribution >= 0.6 is 15.9 Å². The maximum Gasteiger partial charge on any atom is 0.330 e. The first kappa shape index (κ1) is 17.4. The Bertz CT molecular complexity index is 1300. The monoisotopic (exact) mass is 424 g/mol. The summed E-state index contributed by atoms with van der Waals surface area (Å²) in [4.78, 5) is 25.4. The highest BCUT2D eigenvalue weighted by atomic mass is 79.9. The highest BCUT2D eigenvalue weighted by Crippen LogP contribution is 2.33. The third kappa shape index (κ3) is 2.62. The minimum atomic E-state index is -0.368. The Morgan fingerprint density at radius 1 is 0.926 bits per heavy atom. The standard InChI is InChI=1S/C20H17BrN4O2/c1-23-16-11-25(15-6-4-3-5-14(15)22)18(12-7-9-13(21)10-8-12)17(16)19(26)24(2)20(23)27/h3-11H,22H2,1-2H3. The van der Waals surface area contributed by atoms with Crippen LogP contribution in [0.15, 0.2) is 68.8 Å². The molecule has 0 unspecified atom stereocenters. The Hall–Kier alpha value is -3.06. The van der Waals surface area contributed by atoms with Gasteiger partial charge < -0.3 is 10.3 Å². The molecule has 0 aliphatic carbocycles. The average molecular weight is 425 g/mol. The van der Waals surface area contributed by atoms with Crippen LogP contribution in [0.4, 0.5) is 5.69 Å². The van der Waals surface area contributed by atoms with E-state index in [1.165, 1.54) is 11.6 Å². The van der Waals surface area contributed by atoms with Gasteiger partial charge in [0, 0.05) is 24.8 Å². The van der Waals surface area contributed by atoms with Crippen molar-refractivity contribution in [3.63, 3.8) is 0 Å². The fourth-order valence-corrected chi connectivity index (χ4v) is 3.59. The quantitative estimate of drug-likeness (QED) is 0.502. The second-order valence-electron chi connectivity index (χ2n) is 6.38. The summed E-state index contributed by atoms with van der Waals surface area (Å²) in [6.45, 7) is 0. The summed E-state index contributed by atoms with van der Waals surface area (Å²) < 4.78 is 5.43. The molecule has 0 bridgehead atoms. The van der Waals surface area contributed by atoms with Gasteiger partial charge in [-0.1, -0.05) is 40.2 Å². The summed E-state index contributed by atoms with van der Waals surface area (Å²) in [6, 6.07) is 15.1. The normalized spacial score (nSPS) is 11.2. The lowest BCUT2D eigenvalue weighted by Gasteiger charge is -2.12. The molecule has 2 heterocycles. The molecule has 2 aromatic heterocycles. The van der Waals surface area contributed by atoms with Crippen LogP contribution < -0.4 is 17.0 Å². The van der Waals surface area contributed by atoms with E-state index < -0.39 is 0 Å². The van der Waals surface area contributed by atoms with Crippen molar-refractivity contribution in [3.05, 3.63) is 80.0 Å². The molecule has 0 amide bonds. The minimum Gasteiger partial charge on any atom is -0.397 e. The van der Waals surface area contributed by atoms with E-state index in [1.54, 1.807) is 13.2 Å². The third-order valence-electron chi connectivity index (χ3n) is 4.75. The molecule has 0 saturated heterocycles. The summed E-state index contributed by atoms with van der Waals surface area (Å²) in [6.07, 6.45) is 1.79. The molecular formula is C20H17BrN4O2. The SMILES string of the molecule is Cn1c(=O)c2c(-c3ccc(Br)cc3)n(-c3ccccc3N)cc2n(C)c1=O. The molecule has 136 valence electrons. The minimum absolute atomic E-state index is 0.334. The molecule has 2 N–H and O–H groups in total. The molecule has 0 radical (unpaired) electrons. The van der Waals surface area contributed by atoms with Crippen molar-refractivity contribution in [1.82, 2.24) is 13.7 Å². The zero-order valence-electron chi connectivity index (χ0n) is 14.8. The highest BCUT2D eigenvalue weighted by Gasteiger charge is 2.20. The molecule has 0 atom stereocenters. The fourth-order valence-electron chi connectivity index (χ4n) is 3.33. The van der Waals surface area contributed by atoms with Gasteiger partial charge in [0.05, 0.1) is 28.0 Å². The lowest BCUT2D eigenvalue weighted by atomic mass is 10.1. The zero-order chi connectivity index (χ0) is 19.3. The molecule has 0 fully saturated rings. The topological polar surface area (TPSA) is 75.0 Å². The third-order valence-corrected chi connectivity index (χ3v) is 5.28. The largest absolute Gasteiger partial charge is 0.397 e. The van der Waals surface area contributed by atoms with E-state index in [0.717, 1.165) is 20.3 Å². The summed E-state index contributed by atoms with van der Waals surface area (Å²) >= 11 is 3.44. The van der Waals surface area contributed by atoms with Gasteiger partial charge in [-0.25, -0.2) is 4.79 Å². The van der Waals surface area contributed by atoms with Crippen molar-refractivity contribution in [2.75, 3.05) is 5.73 Å². The first-order valence-electron chi connectivity index (χ1n) is 8.32. The Balaban J connectivity index is 2.23. The van der Waals surface area contributed by atoms with Gasteiger partial charge in [-0.2, -0.15) is 0 Å². The molecule has 4 rings (SSSR count). The van der Waals surface area contributed by atoms with E-state index in [-0.39, 0.29) is 11.2 Å². The number of halogens is 1. The predicted molar refractivity (Wildman–Crippen MR) is 111 cm³/mol. The highest BCUT2D eigenvalue weighted by molar-refractivity contribution is 9.10. The Labute approximate surface area is 163 Å². The summed E-state index contributed by atoms with van der Waals surface area (Å²) in [5, 5.41) is 0.477. The fraction of sp³-hybridized carbons (Fsp3) is 0.100. The maximum absolute atomic E-state index is 13.0. The van der Waals surface area contributed by atoms with E-state index in [1.807, 2.05) is 53.1 Å². The van der Waals surface area contributed by atoms with Gasteiger partial charge in [0.15, 0.2) is 0 Å². The van der Waals surface area contributed by atoms with E-state index in [2.05, 4.69) is 15.9 Å². The Kier molecular flexibility index (Phi) is 4.04. The van der Waals surface area contributed by atoms with Gasteiger partial charge in [0.25, 0.3) is 5.56 Å². The van der Waals surface area contributed by atoms with Crippen LogP contribution in [0.2, 0.25) is 0 Å². The van der Waals surface area contributed by atoms with E-state index in [9.17, 15) is 9.59 Å². The summed E-state index contributed by atoms with van der Waals surface area (Å²) in [7, 11) is 3.15.